The normalized spacial score (nSPS) is 24.0. The molecule has 0 aromatic heterocycles. The minimum absolute atomic E-state index is 0.331. The Balaban J connectivity index is 2.34. The minimum Gasteiger partial charge on any atom is -0.312 e. The quantitative estimate of drug-likeness (QED) is 0.442. The average Bonchev–Trinajstić information content (AvgIpc) is 2.44. The maximum Gasteiger partial charge on any atom is 0.0125 e. The average molecular weight is 310 g/mol. The lowest BCUT2D eigenvalue weighted by atomic mass is 9.77. The first kappa shape index (κ1) is 20.0. The largest absolute Gasteiger partial charge is 0.312 e. The van der Waals surface area contributed by atoms with Gasteiger partial charge in [0.2, 0.25) is 0 Å². The zero-order valence-corrected chi connectivity index (χ0v) is 16.1. The van der Waals surface area contributed by atoms with Crippen LogP contribution in [0, 0.1) is 11.8 Å². The van der Waals surface area contributed by atoms with Gasteiger partial charge in [-0.3, -0.25) is 0 Å². The Labute approximate surface area is 141 Å². The summed E-state index contributed by atoms with van der Waals surface area (Å²) < 4.78 is 0. The summed E-state index contributed by atoms with van der Waals surface area (Å²) in [7, 11) is 0. The molecule has 1 N–H and O–H groups in total. The van der Waals surface area contributed by atoms with Crippen molar-refractivity contribution >= 4 is 0 Å². The summed E-state index contributed by atoms with van der Waals surface area (Å²) in [6.45, 7) is 10.6. The van der Waals surface area contributed by atoms with Crippen LogP contribution in [0.4, 0.5) is 0 Å². The molecule has 1 fully saturated rings. The zero-order valence-electron chi connectivity index (χ0n) is 16.1. The molecule has 1 aliphatic carbocycles. The van der Waals surface area contributed by atoms with E-state index in [0.29, 0.717) is 5.54 Å². The van der Waals surface area contributed by atoms with Gasteiger partial charge in [-0.1, -0.05) is 78.1 Å². The molecule has 0 aromatic rings. The Morgan fingerprint density at radius 1 is 0.818 bits per heavy atom. The van der Waals surface area contributed by atoms with E-state index in [4.69, 9.17) is 0 Å². The second-order valence-corrected chi connectivity index (χ2v) is 8.36. The van der Waals surface area contributed by atoms with Crippen LogP contribution >= 0.6 is 0 Å². The van der Waals surface area contributed by atoms with Gasteiger partial charge >= 0.3 is 0 Å². The third kappa shape index (κ3) is 8.56. The SMILES string of the molecule is CCCCC1CCCCCCC1CCCNC(C)(C)CCC. The Hall–Kier alpha value is -0.0400. The fourth-order valence-corrected chi connectivity index (χ4v) is 4.37. The van der Waals surface area contributed by atoms with Gasteiger partial charge < -0.3 is 5.32 Å². The van der Waals surface area contributed by atoms with Crippen molar-refractivity contribution in [1.82, 2.24) is 5.32 Å². The molecule has 0 radical (unpaired) electrons. The van der Waals surface area contributed by atoms with Crippen LogP contribution in [0.15, 0.2) is 0 Å². The molecule has 0 saturated heterocycles. The summed E-state index contributed by atoms with van der Waals surface area (Å²) >= 11 is 0. The van der Waals surface area contributed by atoms with Crippen molar-refractivity contribution in [3.8, 4) is 0 Å². The third-order valence-electron chi connectivity index (χ3n) is 5.73. The van der Waals surface area contributed by atoms with E-state index in [0.717, 1.165) is 11.8 Å². The highest BCUT2D eigenvalue weighted by Gasteiger charge is 2.22. The van der Waals surface area contributed by atoms with Gasteiger partial charge in [-0.05, 0) is 51.5 Å². The number of hydrogen-bond donors (Lipinski definition) is 1. The molecule has 0 aliphatic heterocycles. The second kappa shape index (κ2) is 11.5. The first-order valence-corrected chi connectivity index (χ1v) is 10.3. The molecule has 22 heavy (non-hydrogen) atoms. The van der Waals surface area contributed by atoms with Crippen molar-refractivity contribution in [2.45, 2.75) is 117 Å². The van der Waals surface area contributed by atoms with Gasteiger partial charge in [0.1, 0.15) is 0 Å². The molecule has 0 bridgehead atoms. The number of unbranched alkanes of at least 4 members (excludes halogenated alkanes) is 1. The molecule has 1 aliphatic rings. The molecule has 1 heteroatoms. The maximum atomic E-state index is 3.79. The van der Waals surface area contributed by atoms with Crippen LogP contribution in [-0.4, -0.2) is 12.1 Å². The molecule has 132 valence electrons. The fraction of sp³-hybridized carbons (Fsp3) is 1.00. The Morgan fingerprint density at radius 2 is 1.41 bits per heavy atom. The van der Waals surface area contributed by atoms with Crippen molar-refractivity contribution in [3.05, 3.63) is 0 Å². The number of nitrogens with one attached hydrogen (secondary N) is 1. The van der Waals surface area contributed by atoms with Crippen LogP contribution in [0.2, 0.25) is 0 Å². The van der Waals surface area contributed by atoms with Crippen molar-refractivity contribution in [3.63, 3.8) is 0 Å². The molecule has 2 atom stereocenters. The van der Waals surface area contributed by atoms with E-state index in [1.54, 1.807) is 0 Å². The molecule has 2 unspecified atom stereocenters. The topological polar surface area (TPSA) is 12.0 Å². The van der Waals surface area contributed by atoms with Crippen molar-refractivity contribution in [2.75, 3.05) is 6.54 Å². The van der Waals surface area contributed by atoms with Crippen molar-refractivity contribution in [1.29, 1.82) is 0 Å². The molecule has 0 aromatic carbocycles. The Bertz CT molecular complexity index is 257. The van der Waals surface area contributed by atoms with Crippen LogP contribution in [0.1, 0.15) is 111 Å². The molecule has 1 rings (SSSR count). The van der Waals surface area contributed by atoms with Gasteiger partial charge in [0.25, 0.3) is 0 Å². The van der Waals surface area contributed by atoms with Crippen LogP contribution < -0.4 is 5.32 Å². The van der Waals surface area contributed by atoms with E-state index in [1.807, 2.05) is 0 Å². The standard InChI is InChI=1S/C21H43N/c1-5-7-13-19-14-10-8-9-11-15-20(19)16-12-18-22-21(3,4)17-6-2/h19-20,22H,5-18H2,1-4H3. The fourth-order valence-electron chi connectivity index (χ4n) is 4.37. The Morgan fingerprint density at radius 3 is 1.95 bits per heavy atom. The highest BCUT2D eigenvalue weighted by molar-refractivity contribution is 4.78. The van der Waals surface area contributed by atoms with E-state index >= 15 is 0 Å². The maximum absolute atomic E-state index is 3.79. The van der Waals surface area contributed by atoms with Crippen LogP contribution in [-0.2, 0) is 0 Å². The highest BCUT2D eigenvalue weighted by Crippen LogP contribution is 2.34. The first-order chi connectivity index (χ1) is 10.6. The van der Waals surface area contributed by atoms with Crippen LogP contribution in [0.25, 0.3) is 0 Å². The molecular formula is C21H43N. The van der Waals surface area contributed by atoms with Gasteiger partial charge in [-0.15, -0.1) is 0 Å². The molecular weight excluding hydrogens is 266 g/mol. The summed E-state index contributed by atoms with van der Waals surface area (Å²) in [5, 5.41) is 3.79. The van der Waals surface area contributed by atoms with Crippen LogP contribution in [0.3, 0.4) is 0 Å². The van der Waals surface area contributed by atoms with E-state index < -0.39 is 0 Å². The smallest absolute Gasteiger partial charge is 0.0125 e. The van der Waals surface area contributed by atoms with E-state index in [-0.39, 0.29) is 0 Å². The Kier molecular flexibility index (Phi) is 10.4. The van der Waals surface area contributed by atoms with E-state index in [1.165, 1.54) is 90.0 Å². The zero-order chi connectivity index (χ0) is 16.3. The number of rotatable bonds is 10. The van der Waals surface area contributed by atoms with Crippen molar-refractivity contribution < 1.29 is 0 Å². The lowest BCUT2D eigenvalue weighted by Gasteiger charge is -2.31. The third-order valence-corrected chi connectivity index (χ3v) is 5.73. The first-order valence-electron chi connectivity index (χ1n) is 10.3. The molecule has 1 saturated carbocycles. The second-order valence-electron chi connectivity index (χ2n) is 8.36. The number of hydrogen-bond acceptors (Lipinski definition) is 1. The minimum atomic E-state index is 0.331. The predicted octanol–water partition coefficient (Wildman–Crippen LogP) is 6.71. The molecule has 0 heterocycles. The van der Waals surface area contributed by atoms with Gasteiger partial charge in [0.05, 0.1) is 0 Å². The van der Waals surface area contributed by atoms with Crippen LogP contribution in [0.5, 0.6) is 0 Å². The summed E-state index contributed by atoms with van der Waals surface area (Å²) in [6, 6.07) is 0. The lowest BCUT2D eigenvalue weighted by molar-refractivity contribution is 0.223. The van der Waals surface area contributed by atoms with Gasteiger partial charge in [0, 0.05) is 5.54 Å². The van der Waals surface area contributed by atoms with E-state index in [9.17, 15) is 0 Å². The van der Waals surface area contributed by atoms with Gasteiger partial charge in [0.15, 0.2) is 0 Å². The van der Waals surface area contributed by atoms with E-state index in [2.05, 4.69) is 33.0 Å². The van der Waals surface area contributed by atoms with Crippen molar-refractivity contribution in [2.24, 2.45) is 11.8 Å². The summed E-state index contributed by atoms with van der Waals surface area (Å²) in [5.41, 5.74) is 0.331. The molecule has 0 spiro atoms. The summed E-state index contributed by atoms with van der Waals surface area (Å²) in [6.07, 6.45) is 18.7. The monoisotopic (exact) mass is 309 g/mol. The lowest BCUT2D eigenvalue weighted by Crippen LogP contribution is -2.39. The molecule has 0 amide bonds. The van der Waals surface area contributed by atoms with Gasteiger partial charge in [-0.2, -0.15) is 0 Å². The molecule has 1 nitrogen and oxygen atoms in total. The predicted molar refractivity (Wildman–Crippen MR) is 100 cm³/mol. The summed E-state index contributed by atoms with van der Waals surface area (Å²) in [4.78, 5) is 0. The van der Waals surface area contributed by atoms with Gasteiger partial charge in [-0.25, -0.2) is 0 Å². The highest BCUT2D eigenvalue weighted by atomic mass is 14.9. The summed E-state index contributed by atoms with van der Waals surface area (Å²) in [5.74, 6) is 2.05.